The van der Waals surface area contributed by atoms with Crippen LogP contribution < -0.4 is 15.1 Å². The molecule has 0 N–H and O–H groups in total. The summed E-state index contributed by atoms with van der Waals surface area (Å²) < 4.78 is 17.1. The molecular weight excluding hydrogens is 360 g/mol. The van der Waals surface area contributed by atoms with Crippen LogP contribution in [0.3, 0.4) is 0 Å². The smallest absolute Gasteiger partial charge is 0.336 e. The topological polar surface area (TPSA) is 48.7 Å². The number of benzene rings is 2. The molecule has 0 saturated carbocycles. The van der Waals surface area contributed by atoms with Gasteiger partial charge in [0.15, 0.2) is 0 Å². The van der Waals surface area contributed by atoms with E-state index in [2.05, 4.69) is 15.9 Å². The Morgan fingerprint density at radius 1 is 1.13 bits per heavy atom. The number of rotatable bonds is 4. The van der Waals surface area contributed by atoms with Crippen LogP contribution in [-0.4, -0.2) is 7.11 Å². The first kappa shape index (κ1) is 15.6. The van der Waals surface area contributed by atoms with Crippen molar-refractivity contribution in [2.75, 3.05) is 7.11 Å². The summed E-state index contributed by atoms with van der Waals surface area (Å²) in [4.78, 5) is 11.8. The standard InChI is InChI=1S/C18H15BrO4/c1-11-3-6-16(15(19)7-11)22-10-12-8-18(20)23-17-9-13(21-2)4-5-14(12)17/h3-9H,10H2,1-2H3. The molecule has 118 valence electrons. The highest BCUT2D eigenvalue weighted by Crippen LogP contribution is 2.28. The molecule has 0 spiro atoms. The third kappa shape index (κ3) is 3.40. The Morgan fingerprint density at radius 2 is 1.96 bits per heavy atom. The van der Waals surface area contributed by atoms with Crippen LogP contribution in [0.4, 0.5) is 0 Å². The maximum absolute atomic E-state index is 11.8. The Labute approximate surface area is 141 Å². The Bertz CT molecular complexity index is 915. The maximum Gasteiger partial charge on any atom is 0.336 e. The number of aryl methyl sites for hydroxylation is 1. The minimum absolute atomic E-state index is 0.274. The van der Waals surface area contributed by atoms with Crippen molar-refractivity contribution >= 4 is 26.9 Å². The highest BCUT2D eigenvalue weighted by molar-refractivity contribution is 9.10. The number of ether oxygens (including phenoxy) is 2. The summed E-state index contributed by atoms with van der Waals surface area (Å²) in [6.07, 6.45) is 0. The molecule has 0 saturated heterocycles. The molecule has 5 heteroatoms. The maximum atomic E-state index is 11.8. The van der Waals surface area contributed by atoms with Gasteiger partial charge < -0.3 is 13.9 Å². The van der Waals surface area contributed by atoms with Gasteiger partial charge in [0.2, 0.25) is 0 Å². The van der Waals surface area contributed by atoms with Crippen molar-refractivity contribution in [3.63, 3.8) is 0 Å². The Morgan fingerprint density at radius 3 is 2.70 bits per heavy atom. The predicted octanol–water partition coefficient (Wildman–Crippen LogP) is 4.45. The van der Waals surface area contributed by atoms with E-state index in [0.29, 0.717) is 11.3 Å². The monoisotopic (exact) mass is 374 g/mol. The molecule has 0 atom stereocenters. The summed E-state index contributed by atoms with van der Waals surface area (Å²) in [5, 5.41) is 0.827. The fourth-order valence-corrected chi connectivity index (χ4v) is 2.94. The number of fused-ring (bicyclic) bond motifs is 1. The number of halogens is 1. The van der Waals surface area contributed by atoms with Crippen LogP contribution in [0.1, 0.15) is 11.1 Å². The molecule has 0 bridgehead atoms. The highest BCUT2D eigenvalue weighted by Gasteiger charge is 2.09. The normalized spacial score (nSPS) is 10.7. The summed E-state index contributed by atoms with van der Waals surface area (Å²) in [7, 11) is 1.57. The van der Waals surface area contributed by atoms with Gasteiger partial charge in [0.05, 0.1) is 11.6 Å². The van der Waals surface area contributed by atoms with Crippen molar-refractivity contribution in [2.45, 2.75) is 13.5 Å². The van der Waals surface area contributed by atoms with E-state index in [-0.39, 0.29) is 6.61 Å². The van der Waals surface area contributed by atoms with Gasteiger partial charge in [0.1, 0.15) is 23.7 Å². The molecule has 4 nitrogen and oxygen atoms in total. The van der Waals surface area contributed by atoms with Crippen LogP contribution in [0.15, 0.2) is 56.1 Å². The molecule has 0 fully saturated rings. The first-order chi connectivity index (χ1) is 11.1. The molecule has 0 aliphatic heterocycles. The van der Waals surface area contributed by atoms with E-state index >= 15 is 0 Å². The van der Waals surface area contributed by atoms with Gasteiger partial charge in [0, 0.05) is 23.1 Å². The zero-order valence-corrected chi connectivity index (χ0v) is 14.3. The van der Waals surface area contributed by atoms with Crippen molar-refractivity contribution < 1.29 is 13.9 Å². The van der Waals surface area contributed by atoms with Crippen molar-refractivity contribution in [1.82, 2.24) is 0 Å². The first-order valence-corrected chi connectivity index (χ1v) is 7.86. The average Bonchev–Trinajstić information content (AvgIpc) is 2.53. The van der Waals surface area contributed by atoms with Gasteiger partial charge in [-0.3, -0.25) is 0 Å². The van der Waals surface area contributed by atoms with Crippen molar-refractivity contribution in [3.8, 4) is 11.5 Å². The lowest BCUT2D eigenvalue weighted by Gasteiger charge is -2.10. The van der Waals surface area contributed by atoms with E-state index < -0.39 is 5.63 Å². The second-order valence-corrected chi connectivity index (χ2v) is 6.03. The zero-order valence-electron chi connectivity index (χ0n) is 12.8. The van der Waals surface area contributed by atoms with Crippen LogP contribution in [-0.2, 0) is 6.61 Å². The fourth-order valence-electron chi connectivity index (χ4n) is 2.34. The molecule has 0 aliphatic rings. The molecule has 0 amide bonds. The fraction of sp³-hybridized carbons (Fsp3) is 0.167. The van der Waals surface area contributed by atoms with Gasteiger partial charge in [-0.05, 0) is 52.7 Å². The van der Waals surface area contributed by atoms with Crippen molar-refractivity contribution in [2.24, 2.45) is 0 Å². The largest absolute Gasteiger partial charge is 0.497 e. The van der Waals surface area contributed by atoms with Gasteiger partial charge in [0.25, 0.3) is 0 Å². The van der Waals surface area contributed by atoms with Crippen LogP contribution in [0.5, 0.6) is 11.5 Å². The molecule has 1 heterocycles. The molecule has 3 aromatic rings. The summed E-state index contributed by atoms with van der Waals surface area (Å²) in [6, 6.07) is 12.7. The summed E-state index contributed by atoms with van der Waals surface area (Å²) >= 11 is 3.48. The number of hydrogen-bond donors (Lipinski definition) is 0. The highest BCUT2D eigenvalue weighted by atomic mass is 79.9. The third-order valence-corrected chi connectivity index (χ3v) is 4.13. The minimum Gasteiger partial charge on any atom is -0.497 e. The molecule has 0 unspecified atom stereocenters. The SMILES string of the molecule is COc1ccc2c(COc3ccc(C)cc3Br)cc(=O)oc2c1. The third-order valence-electron chi connectivity index (χ3n) is 3.51. The van der Waals surface area contributed by atoms with Gasteiger partial charge in [-0.2, -0.15) is 0 Å². The lowest BCUT2D eigenvalue weighted by molar-refractivity contribution is 0.304. The van der Waals surface area contributed by atoms with Crippen molar-refractivity contribution in [3.05, 3.63) is 68.5 Å². The Hall–Kier alpha value is -2.27. The molecule has 3 rings (SSSR count). The van der Waals surface area contributed by atoms with E-state index in [1.54, 1.807) is 13.2 Å². The molecule has 0 aliphatic carbocycles. The minimum atomic E-state index is -0.410. The summed E-state index contributed by atoms with van der Waals surface area (Å²) in [6.45, 7) is 2.29. The van der Waals surface area contributed by atoms with Gasteiger partial charge in [-0.15, -0.1) is 0 Å². The van der Waals surface area contributed by atoms with Crippen LogP contribution in [0.2, 0.25) is 0 Å². The zero-order chi connectivity index (χ0) is 16.4. The molecule has 0 radical (unpaired) electrons. The second-order valence-electron chi connectivity index (χ2n) is 5.18. The first-order valence-electron chi connectivity index (χ1n) is 7.06. The number of hydrogen-bond acceptors (Lipinski definition) is 4. The summed E-state index contributed by atoms with van der Waals surface area (Å²) in [5.74, 6) is 1.37. The molecule has 2 aromatic carbocycles. The molecule has 1 aromatic heterocycles. The van der Waals surface area contributed by atoms with Crippen LogP contribution >= 0.6 is 15.9 Å². The lowest BCUT2D eigenvalue weighted by Crippen LogP contribution is -2.04. The lowest BCUT2D eigenvalue weighted by atomic mass is 10.1. The van der Waals surface area contributed by atoms with E-state index in [1.807, 2.05) is 37.3 Å². The number of methoxy groups -OCH3 is 1. The van der Waals surface area contributed by atoms with Crippen LogP contribution in [0.25, 0.3) is 11.0 Å². The van der Waals surface area contributed by atoms with Gasteiger partial charge >= 0.3 is 5.63 Å². The predicted molar refractivity (Wildman–Crippen MR) is 92.2 cm³/mol. The van der Waals surface area contributed by atoms with E-state index in [9.17, 15) is 4.79 Å². The average molecular weight is 375 g/mol. The summed E-state index contributed by atoms with van der Waals surface area (Å²) in [5.41, 5.74) is 1.99. The van der Waals surface area contributed by atoms with Crippen LogP contribution in [0, 0.1) is 6.92 Å². The van der Waals surface area contributed by atoms with E-state index in [0.717, 1.165) is 26.7 Å². The second kappa shape index (κ2) is 6.46. The Kier molecular flexibility index (Phi) is 4.39. The van der Waals surface area contributed by atoms with Gasteiger partial charge in [-0.25, -0.2) is 4.79 Å². The van der Waals surface area contributed by atoms with E-state index in [1.165, 1.54) is 6.07 Å². The molecular formula is C18H15BrO4. The quantitative estimate of drug-likeness (QED) is 0.632. The van der Waals surface area contributed by atoms with E-state index in [4.69, 9.17) is 13.9 Å². The van der Waals surface area contributed by atoms with Crippen molar-refractivity contribution in [1.29, 1.82) is 0 Å². The molecule has 23 heavy (non-hydrogen) atoms. The van der Waals surface area contributed by atoms with Gasteiger partial charge in [-0.1, -0.05) is 6.07 Å². The Balaban J connectivity index is 1.94.